The van der Waals surface area contributed by atoms with Crippen molar-refractivity contribution >= 4 is 5.69 Å². The van der Waals surface area contributed by atoms with Crippen molar-refractivity contribution in [1.29, 1.82) is 0 Å². The summed E-state index contributed by atoms with van der Waals surface area (Å²) in [7, 11) is 0. The van der Waals surface area contributed by atoms with Gasteiger partial charge in [-0.25, -0.2) is 0 Å². The highest BCUT2D eigenvalue weighted by molar-refractivity contribution is 5.53. The molecule has 0 fully saturated rings. The lowest BCUT2D eigenvalue weighted by Crippen LogP contribution is -2.32. The Bertz CT molecular complexity index is 471. The van der Waals surface area contributed by atoms with E-state index in [0.717, 1.165) is 32.6 Å². The molecular weight excluding hydrogens is 246 g/mol. The third kappa shape index (κ3) is 3.60. The molecular formula is C17H27N3. The molecule has 3 nitrogen and oxygen atoms in total. The van der Waals surface area contributed by atoms with Crippen LogP contribution >= 0.6 is 0 Å². The summed E-state index contributed by atoms with van der Waals surface area (Å²) in [5.74, 6) is 0. The lowest BCUT2D eigenvalue weighted by molar-refractivity contribution is 0.472. The fourth-order valence-electron chi connectivity index (χ4n) is 2.68. The minimum Gasteiger partial charge on any atom is -0.366 e. The van der Waals surface area contributed by atoms with Crippen LogP contribution in [-0.2, 0) is 6.54 Å². The first-order chi connectivity index (χ1) is 9.52. The summed E-state index contributed by atoms with van der Waals surface area (Å²) in [4.78, 5) is 6.75. The van der Waals surface area contributed by atoms with Crippen molar-refractivity contribution in [1.82, 2.24) is 10.3 Å². The average molecular weight is 273 g/mol. The second-order valence-corrected chi connectivity index (χ2v) is 6.46. The van der Waals surface area contributed by atoms with Crippen LogP contribution in [0.5, 0.6) is 0 Å². The third-order valence-corrected chi connectivity index (χ3v) is 3.97. The molecule has 20 heavy (non-hydrogen) atoms. The van der Waals surface area contributed by atoms with Crippen molar-refractivity contribution in [3.63, 3.8) is 0 Å². The summed E-state index contributed by atoms with van der Waals surface area (Å²) in [5.41, 5.74) is 4.49. The van der Waals surface area contributed by atoms with Gasteiger partial charge in [-0.15, -0.1) is 0 Å². The predicted octanol–water partition coefficient (Wildman–Crippen LogP) is 3.37. The van der Waals surface area contributed by atoms with Gasteiger partial charge in [0.05, 0.1) is 11.9 Å². The van der Waals surface area contributed by atoms with E-state index in [1.807, 2.05) is 12.4 Å². The minimum atomic E-state index is 0.299. The molecule has 1 aliphatic rings. The Morgan fingerprint density at radius 1 is 1.35 bits per heavy atom. The number of aromatic nitrogens is 1. The normalized spacial score (nSPS) is 16.2. The molecule has 0 aliphatic carbocycles. The van der Waals surface area contributed by atoms with E-state index < -0.39 is 0 Å². The maximum atomic E-state index is 4.31. The Kier molecular flexibility index (Phi) is 4.81. The van der Waals surface area contributed by atoms with E-state index >= 15 is 0 Å². The SMILES string of the molecule is CCNCc1ccncc1N1CC=C(C(C)(C)C)CC1. The van der Waals surface area contributed by atoms with Crippen molar-refractivity contribution in [2.75, 3.05) is 24.5 Å². The van der Waals surface area contributed by atoms with Gasteiger partial charge in [-0.05, 0) is 30.0 Å². The molecule has 0 unspecified atom stereocenters. The van der Waals surface area contributed by atoms with E-state index in [1.54, 1.807) is 5.57 Å². The van der Waals surface area contributed by atoms with Crippen molar-refractivity contribution in [3.05, 3.63) is 35.7 Å². The van der Waals surface area contributed by atoms with Gasteiger partial charge >= 0.3 is 0 Å². The summed E-state index contributed by atoms with van der Waals surface area (Å²) in [6.45, 7) is 13.0. The van der Waals surface area contributed by atoms with Crippen LogP contribution in [0.3, 0.4) is 0 Å². The van der Waals surface area contributed by atoms with Gasteiger partial charge in [0.25, 0.3) is 0 Å². The molecule has 3 heteroatoms. The van der Waals surface area contributed by atoms with Gasteiger partial charge in [-0.3, -0.25) is 4.98 Å². The van der Waals surface area contributed by atoms with E-state index in [0.29, 0.717) is 5.41 Å². The zero-order valence-corrected chi connectivity index (χ0v) is 13.2. The molecule has 0 amide bonds. The van der Waals surface area contributed by atoms with Crippen LogP contribution < -0.4 is 10.2 Å². The lowest BCUT2D eigenvalue weighted by Gasteiger charge is -2.34. The number of hydrogen-bond donors (Lipinski definition) is 1. The Labute approximate surface area is 123 Å². The maximum Gasteiger partial charge on any atom is 0.0601 e. The van der Waals surface area contributed by atoms with Gasteiger partial charge in [0.15, 0.2) is 0 Å². The van der Waals surface area contributed by atoms with E-state index in [2.05, 4.69) is 55.0 Å². The zero-order chi connectivity index (χ0) is 14.6. The summed E-state index contributed by atoms with van der Waals surface area (Å²) < 4.78 is 0. The molecule has 2 rings (SSSR count). The van der Waals surface area contributed by atoms with Crippen LogP contribution in [0.4, 0.5) is 5.69 Å². The predicted molar refractivity (Wildman–Crippen MR) is 86.0 cm³/mol. The second-order valence-electron chi connectivity index (χ2n) is 6.46. The largest absolute Gasteiger partial charge is 0.366 e. The molecule has 1 N–H and O–H groups in total. The van der Waals surface area contributed by atoms with Gasteiger partial charge < -0.3 is 10.2 Å². The first-order valence-corrected chi connectivity index (χ1v) is 7.60. The van der Waals surface area contributed by atoms with E-state index in [-0.39, 0.29) is 0 Å². The van der Waals surface area contributed by atoms with Crippen molar-refractivity contribution in [3.8, 4) is 0 Å². The molecule has 1 aromatic rings. The van der Waals surface area contributed by atoms with Crippen molar-refractivity contribution in [2.24, 2.45) is 5.41 Å². The quantitative estimate of drug-likeness (QED) is 0.853. The molecule has 0 bridgehead atoms. The summed E-state index contributed by atoms with van der Waals surface area (Å²) in [5, 5.41) is 3.41. The molecule has 0 spiro atoms. The highest BCUT2D eigenvalue weighted by Gasteiger charge is 2.22. The molecule has 110 valence electrons. The molecule has 1 aromatic heterocycles. The van der Waals surface area contributed by atoms with E-state index in [9.17, 15) is 0 Å². The van der Waals surface area contributed by atoms with Crippen LogP contribution in [0, 0.1) is 5.41 Å². The Balaban J connectivity index is 2.12. The van der Waals surface area contributed by atoms with E-state index in [4.69, 9.17) is 0 Å². The van der Waals surface area contributed by atoms with Crippen LogP contribution in [0.1, 0.15) is 39.7 Å². The molecule has 0 radical (unpaired) electrons. The molecule has 2 heterocycles. The number of nitrogens with one attached hydrogen (secondary N) is 1. The van der Waals surface area contributed by atoms with Gasteiger partial charge in [-0.2, -0.15) is 0 Å². The Hall–Kier alpha value is -1.35. The fourth-order valence-corrected chi connectivity index (χ4v) is 2.68. The second kappa shape index (κ2) is 6.40. The molecule has 0 saturated heterocycles. The third-order valence-electron chi connectivity index (χ3n) is 3.97. The summed E-state index contributed by atoms with van der Waals surface area (Å²) in [6, 6.07) is 2.13. The van der Waals surface area contributed by atoms with Crippen LogP contribution in [-0.4, -0.2) is 24.6 Å². The first-order valence-electron chi connectivity index (χ1n) is 7.60. The number of rotatable bonds is 4. The lowest BCUT2D eigenvalue weighted by atomic mass is 9.83. The van der Waals surface area contributed by atoms with Gasteiger partial charge in [0.1, 0.15) is 0 Å². The van der Waals surface area contributed by atoms with Crippen LogP contribution in [0.15, 0.2) is 30.1 Å². The number of pyridine rings is 1. The van der Waals surface area contributed by atoms with Gasteiger partial charge in [0, 0.05) is 25.8 Å². The molecule has 0 atom stereocenters. The van der Waals surface area contributed by atoms with E-state index in [1.165, 1.54) is 11.3 Å². The first kappa shape index (κ1) is 15.0. The highest BCUT2D eigenvalue weighted by atomic mass is 15.1. The maximum absolute atomic E-state index is 4.31. The molecule has 0 aromatic carbocycles. The zero-order valence-electron chi connectivity index (χ0n) is 13.2. The van der Waals surface area contributed by atoms with Crippen molar-refractivity contribution in [2.45, 2.75) is 40.7 Å². The molecule has 1 aliphatic heterocycles. The topological polar surface area (TPSA) is 28.2 Å². The Morgan fingerprint density at radius 3 is 2.75 bits per heavy atom. The highest BCUT2D eigenvalue weighted by Crippen LogP contribution is 2.32. The van der Waals surface area contributed by atoms with Crippen LogP contribution in [0.25, 0.3) is 0 Å². The van der Waals surface area contributed by atoms with Gasteiger partial charge in [0.2, 0.25) is 0 Å². The van der Waals surface area contributed by atoms with Crippen LogP contribution in [0.2, 0.25) is 0 Å². The summed E-state index contributed by atoms with van der Waals surface area (Å²) >= 11 is 0. The number of hydrogen-bond acceptors (Lipinski definition) is 3. The van der Waals surface area contributed by atoms with Gasteiger partial charge in [-0.1, -0.05) is 39.3 Å². The Morgan fingerprint density at radius 2 is 2.15 bits per heavy atom. The number of anilines is 1. The summed E-state index contributed by atoms with van der Waals surface area (Å²) in [6.07, 6.45) is 7.44. The fraction of sp³-hybridized carbons (Fsp3) is 0.588. The standard InChI is InChI=1S/C17H27N3/c1-5-18-12-14-6-9-19-13-16(14)20-10-7-15(8-11-20)17(2,3)4/h6-7,9,13,18H,5,8,10-12H2,1-4H3. The number of nitrogens with zero attached hydrogens (tertiary/aromatic N) is 2. The molecule has 0 saturated carbocycles. The average Bonchev–Trinajstić information content (AvgIpc) is 2.45. The van der Waals surface area contributed by atoms with Crippen molar-refractivity contribution < 1.29 is 0 Å². The smallest absolute Gasteiger partial charge is 0.0601 e. The minimum absolute atomic E-state index is 0.299. The monoisotopic (exact) mass is 273 g/mol.